The van der Waals surface area contributed by atoms with Gasteiger partial charge < -0.3 is 5.11 Å². The second-order valence-corrected chi connectivity index (χ2v) is 5.93. The summed E-state index contributed by atoms with van der Waals surface area (Å²) in [4.78, 5) is 14.3. The molecule has 0 amide bonds. The Morgan fingerprint density at radius 2 is 2.29 bits per heavy atom. The lowest BCUT2D eigenvalue weighted by Gasteiger charge is -2.03. The number of aliphatic carboxylic acids is 1. The molecule has 0 bridgehead atoms. The van der Waals surface area contributed by atoms with Crippen LogP contribution in [-0.2, 0) is 27.8 Å². The predicted octanol–water partition coefficient (Wildman–Crippen LogP) is -1.00. The Morgan fingerprint density at radius 1 is 1.48 bits per heavy atom. The highest BCUT2D eigenvalue weighted by Gasteiger charge is 2.16. The van der Waals surface area contributed by atoms with Crippen molar-refractivity contribution < 1.29 is 18.3 Å². The topological polar surface area (TPSA) is 143 Å². The van der Waals surface area contributed by atoms with Crippen LogP contribution in [0.2, 0.25) is 0 Å². The van der Waals surface area contributed by atoms with Crippen molar-refractivity contribution in [3.8, 4) is 0 Å². The average Bonchev–Trinajstić information content (AvgIpc) is 3.07. The largest absolute Gasteiger partial charge is 0.481 e. The maximum atomic E-state index is 12.0. The molecule has 11 heteroatoms. The van der Waals surface area contributed by atoms with E-state index in [0.717, 1.165) is 0 Å². The minimum Gasteiger partial charge on any atom is -0.481 e. The Balaban J connectivity index is 1.91. The fourth-order valence-corrected chi connectivity index (χ4v) is 2.54. The van der Waals surface area contributed by atoms with E-state index in [-0.39, 0.29) is 24.4 Å². The molecule has 114 valence electrons. The molecule has 2 aromatic rings. The number of nitrogens with zero attached hydrogens (tertiary/aromatic N) is 4. The van der Waals surface area contributed by atoms with Crippen molar-refractivity contribution in [2.24, 2.45) is 0 Å². The van der Waals surface area contributed by atoms with Crippen molar-refractivity contribution in [3.05, 3.63) is 24.5 Å². The Hall–Kier alpha value is -2.27. The van der Waals surface area contributed by atoms with Gasteiger partial charge in [-0.05, 0) is 0 Å². The van der Waals surface area contributed by atoms with Gasteiger partial charge in [0.1, 0.15) is 17.0 Å². The quantitative estimate of drug-likeness (QED) is 0.567. The van der Waals surface area contributed by atoms with E-state index in [1.54, 1.807) is 0 Å². The van der Waals surface area contributed by atoms with Crippen molar-refractivity contribution in [1.82, 2.24) is 29.7 Å². The van der Waals surface area contributed by atoms with Gasteiger partial charge in [0.2, 0.25) is 10.0 Å². The second kappa shape index (κ2) is 6.45. The predicted molar refractivity (Wildman–Crippen MR) is 69.8 cm³/mol. The summed E-state index contributed by atoms with van der Waals surface area (Å²) >= 11 is 0. The van der Waals surface area contributed by atoms with E-state index in [2.05, 4.69) is 25.0 Å². The Kier molecular flexibility index (Phi) is 4.65. The van der Waals surface area contributed by atoms with Crippen molar-refractivity contribution in [2.45, 2.75) is 24.3 Å². The molecule has 0 aliphatic rings. The van der Waals surface area contributed by atoms with Gasteiger partial charge in [0.25, 0.3) is 0 Å². The number of hydrogen-bond acceptors (Lipinski definition) is 6. The van der Waals surface area contributed by atoms with Gasteiger partial charge >= 0.3 is 5.97 Å². The van der Waals surface area contributed by atoms with Gasteiger partial charge in [0, 0.05) is 19.2 Å². The van der Waals surface area contributed by atoms with Gasteiger partial charge in [0.05, 0.1) is 19.2 Å². The van der Waals surface area contributed by atoms with Crippen LogP contribution in [-0.4, -0.2) is 51.0 Å². The van der Waals surface area contributed by atoms with Crippen molar-refractivity contribution in [2.75, 3.05) is 6.54 Å². The van der Waals surface area contributed by atoms with Crippen LogP contribution in [0.5, 0.6) is 0 Å². The number of rotatable bonds is 8. The Labute approximate surface area is 120 Å². The van der Waals surface area contributed by atoms with E-state index in [1.165, 1.54) is 23.4 Å². The zero-order valence-corrected chi connectivity index (χ0v) is 11.7. The normalized spacial score (nSPS) is 11.6. The fraction of sp³-hybridized carbons (Fsp3) is 0.400. The molecule has 0 saturated heterocycles. The van der Waals surface area contributed by atoms with Crippen molar-refractivity contribution in [1.29, 1.82) is 0 Å². The first-order chi connectivity index (χ1) is 9.97. The number of carboxylic acid groups (broad SMARTS) is 1. The molecule has 0 aliphatic heterocycles. The van der Waals surface area contributed by atoms with Crippen LogP contribution in [0.25, 0.3) is 0 Å². The van der Waals surface area contributed by atoms with Crippen LogP contribution in [0, 0.1) is 0 Å². The molecule has 10 nitrogen and oxygen atoms in total. The summed E-state index contributed by atoms with van der Waals surface area (Å²) in [7, 11) is -3.67. The number of carboxylic acids is 1. The Bertz CT molecular complexity index is 693. The lowest BCUT2D eigenvalue weighted by molar-refractivity contribution is -0.137. The van der Waals surface area contributed by atoms with Gasteiger partial charge in [-0.2, -0.15) is 10.2 Å². The highest BCUT2D eigenvalue weighted by molar-refractivity contribution is 7.89. The molecule has 0 fully saturated rings. The smallest absolute Gasteiger partial charge is 0.305 e. The average molecular weight is 314 g/mol. The molecule has 2 heterocycles. The maximum absolute atomic E-state index is 12.0. The number of aromatic nitrogens is 5. The molecular weight excluding hydrogens is 300 g/mol. The summed E-state index contributed by atoms with van der Waals surface area (Å²) in [6.45, 7) is 0.279. The first kappa shape index (κ1) is 15.1. The summed E-state index contributed by atoms with van der Waals surface area (Å²) in [5, 5.41) is 18.7. The van der Waals surface area contributed by atoms with E-state index in [9.17, 15) is 13.2 Å². The summed E-state index contributed by atoms with van der Waals surface area (Å²) in [5.74, 6) is -0.394. The molecule has 2 rings (SSSR count). The maximum Gasteiger partial charge on any atom is 0.305 e. The minimum atomic E-state index is -3.67. The Morgan fingerprint density at radius 3 is 2.95 bits per heavy atom. The second-order valence-electron chi connectivity index (χ2n) is 4.16. The molecular formula is C10H14N6O4S. The number of hydrogen-bond donors (Lipinski definition) is 3. The highest BCUT2D eigenvalue weighted by atomic mass is 32.2. The SMILES string of the molecule is O=C(O)CCn1cc(S(=O)(=O)NCCc2ncn[nH]2)cn1. The molecule has 0 atom stereocenters. The van der Waals surface area contributed by atoms with Crippen molar-refractivity contribution >= 4 is 16.0 Å². The summed E-state index contributed by atoms with van der Waals surface area (Å²) < 4.78 is 27.7. The number of H-pyrrole nitrogens is 1. The van der Waals surface area contributed by atoms with Crippen LogP contribution in [0.1, 0.15) is 12.2 Å². The standard InChI is InChI=1S/C10H14N6O4S/c17-10(18)2-4-16-6-8(5-13-16)21(19,20)14-3-1-9-11-7-12-15-9/h5-7,14H,1-4H2,(H,17,18)(H,11,12,15). The molecule has 0 saturated carbocycles. The van der Waals surface area contributed by atoms with Crippen LogP contribution in [0.4, 0.5) is 0 Å². The van der Waals surface area contributed by atoms with Gasteiger partial charge in [0.15, 0.2) is 0 Å². The van der Waals surface area contributed by atoms with E-state index < -0.39 is 16.0 Å². The van der Waals surface area contributed by atoms with Crippen LogP contribution in [0.3, 0.4) is 0 Å². The third kappa shape index (κ3) is 4.36. The molecule has 21 heavy (non-hydrogen) atoms. The zero-order chi connectivity index (χ0) is 15.3. The van der Waals surface area contributed by atoms with Crippen LogP contribution in [0.15, 0.2) is 23.6 Å². The molecule has 0 aromatic carbocycles. The summed E-state index contributed by atoms with van der Waals surface area (Å²) in [6, 6.07) is 0. The third-order valence-electron chi connectivity index (χ3n) is 2.59. The van der Waals surface area contributed by atoms with Gasteiger partial charge in [-0.15, -0.1) is 0 Å². The van der Waals surface area contributed by atoms with E-state index >= 15 is 0 Å². The summed E-state index contributed by atoms with van der Waals surface area (Å²) in [5.41, 5.74) is 0. The molecule has 2 aromatic heterocycles. The zero-order valence-electron chi connectivity index (χ0n) is 10.9. The molecule has 0 radical (unpaired) electrons. The molecule has 0 unspecified atom stereocenters. The molecule has 0 aliphatic carbocycles. The van der Waals surface area contributed by atoms with Gasteiger partial charge in [-0.1, -0.05) is 0 Å². The van der Waals surface area contributed by atoms with E-state index in [1.807, 2.05) is 0 Å². The minimum absolute atomic E-state index is 0.00883. The number of carbonyl (C=O) groups is 1. The lowest BCUT2D eigenvalue weighted by atomic mass is 10.4. The number of aryl methyl sites for hydroxylation is 1. The van der Waals surface area contributed by atoms with Gasteiger partial charge in [-0.25, -0.2) is 18.1 Å². The van der Waals surface area contributed by atoms with Crippen molar-refractivity contribution in [3.63, 3.8) is 0 Å². The number of nitrogens with one attached hydrogen (secondary N) is 2. The molecule has 3 N–H and O–H groups in total. The fourth-order valence-electron chi connectivity index (χ4n) is 1.55. The summed E-state index contributed by atoms with van der Waals surface area (Å²) in [6.07, 6.45) is 4.07. The third-order valence-corrected chi connectivity index (χ3v) is 4.01. The van der Waals surface area contributed by atoms with Crippen LogP contribution < -0.4 is 4.72 Å². The van der Waals surface area contributed by atoms with Crippen LogP contribution >= 0.6 is 0 Å². The first-order valence-electron chi connectivity index (χ1n) is 6.05. The highest BCUT2D eigenvalue weighted by Crippen LogP contribution is 2.07. The number of sulfonamides is 1. The lowest BCUT2D eigenvalue weighted by Crippen LogP contribution is -2.26. The molecule has 0 spiro atoms. The number of aromatic amines is 1. The first-order valence-corrected chi connectivity index (χ1v) is 7.54. The monoisotopic (exact) mass is 314 g/mol. The van der Waals surface area contributed by atoms with Gasteiger partial charge in [-0.3, -0.25) is 14.6 Å². The van der Waals surface area contributed by atoms with E-state index in [0.29, 0.717) is 12.2 Å². The van der Waals surface area contributed by atoms with E-state index in [4.69, 9.17) is 5.11 Å².